The second-order valence-corrected chi connectivity index (χ2v) is 5.30. The molecule has 0 saturated carbocycles. The van der Waals surface area contributed by atoms with Gasteiger partial charge in [-0.05, 0) is 29.8 Å². The van der Waals surface area contributed by atoms with E-state index < -0.39 is 6.29 Å². The molecule has 8 nitrogen and oxygen atoms in total. The fourth-order valence-corrected chi connectivity index (χ4v) is 2.47. The Morgan fingerprint density at radius 1 is 1.25 bits per heavy atom. The lowest BCUT2D eigenvalue weighted by molar-refractivity contribution is -0.121. The van der Waals surface area contributed by atoms with Gasteiger partial charge in [-0.25, -0.2) is 4.99 Å². The fraction of sp³-hybridized carbons (Fsp3) is 0.188. The first-order chi connectivity index (χ1) is 11.8. The van der Waals surface area contributed by atoms with Crippen LogP contribution < -0.4 is 25.6 Å². The van der Waals surface area contributed by atoms with E-state index in [2.05, 4.69) is 26.1 Å². The molecular formula is C16H15N5O3. The van der Waals surface area contributed by atoms with E-state index >= 15 is 0 Å². The Kier molecular flexibility index (Phi) is 3.72. The van der Waals surface area contributed by atoms with Crippen molar-refractivity contribution in [3.63, 3.8) is 0 Å². The van der Waals surface area contributed by atoms with Crippen LogP contribution in [0.2, 0.25) is 0 Å². The molecule has 24 heavy (non-hydrogen) atoms. The number of amides is 1. The van der Waals surface area contributed by atoms with Gasteiger partial charge in [0, 0.05) is 6.20 Å². The Morgan fingerprint density at radius 3 is 3.04 bits per heavy atom. The molecule has 1 aromatic heterocycles. The summed E-state index contributed by atoms with van der Waals surface area (Å²) >= 11 is 0. The molecule has 1 atom stereocenters. The predicted octanol–water partition coefficient (Wildman–Crippen LogP) is 0.307. The Hall–Kier alpha value is -3.13. The van der Waals surface area contributed by atoms with E-state index in [1.165, 1.54) is 0 Å². The molecule has 2 aliphatic heterocycles. The zero-order valence-electron chi connectivity index (χ0n) is 12.7. The highest BCUT2D eigenvalue weighted by Gasteiger charge is 2.20. The molecular weight excluding hydrogens is 310 g/mol. The second kappa shape index (κ2) is 6.17. The number of rotatable bonds is 4. The van der Waals surface area contributed by atoms with Crippen LogP contribution in [-0.2, 0) is 11.2 Å². The van der Waals surface area contributed by atoms with Crippen molar-refractivity contribution >= 4 is 11.7 Å². The molecule has 8 heteroatoms. The lowest BCUT2D eigenvalue weighted by Crippen LogP contribution is -2.46. The smallest absolute Gasteiger partial charge is 0.231 e. The van der Waals surface area contributed by atoms with Crippen LogP contribution in [0.5, 0.6) is 11.5 Å². The monoisotopic (exact) mass is 325 g/mol. The van der Waals surface area contributed by atoms with Gasteiger partial charge in [0.05, 0.1) is 6.42 Å². The molecule has 122 valence electrons. The van der Waals surface area contributed by atoms with Gasteiger partial charge in [0.25, 0.3) is 0 Å². The van der Waals surface area contributed by atoms with Crippen molar-refractivity contribution in [3.05, 3.63) is 53.9 Å². The summed E-state index contributed by atoms with van der Waals surface area (Å²) in [6, 6.07) is 11.0. The molecule has 0 aliphatic carbocycles. The molecule has 2 aromatic rings. The van der Waals surface area contributed by atoms with Gasteiger partial charge in [0.15, 0.2) is 23.6 Å². The van der Waals surface area contributed by atoms with Gasteiger partial charge in [-0.15, -0.1) is 0 Å². The Morgan fingerprint density at radius 2 is 2.17 bits per heavy atom. The van der Waals surface area contributed by atoms with Crippen molar-refractivity contribution < 1.29 is 14.3 Å². The van der Waals surface area contributed by atoms with Crippen LogP contribution in [0.15, 0.2) is 47.6 Å². The molecule has 1 unspecified atom stereocenters. The summed E-state index contributed by atoms with van der Waals surface area (Å²) < 4.78 is 10.6. The molecule has 2 aliphatic rings. The van der Waals surface area contributed by atoms with Crippen molar-refractivity contribution in [3.8, 4) is 11.5 Å². The number of aliphatic imine (C=N–C) groups is 1. The van der Waals surface area contributed by atoms with Gasteiger partial charge in [-0.1, -0.05) is 12.1 Å². The maximum absolute atomic E-state index is 12.2. The summed E-state index contributed by atoms with van der Waals surface area (Å²) in [5.74, 6) is 1.80. The Bertz CT molecular complexity index is 794. The number of aromatic nitrogens is 1. The van der Waals surface area contributed by atoms with Crippen LogP contribution in [0.3, 0.4) is 0 Å². The third-order valence-corrected chi connectivity index (χ3v) is 3.59. The number of amidine groups is 1. The average Bonchev–Trinajstić information content (AvgIpc) is 3.24. The lowest BCUT2D eigenvalue weighted by Gasteiger charge is -2.10. The first-order valence-corrected chi connectivity index (χ1v) is 7.46. The van der Waals surface area contributed by atoms with E-state index in [-0.39, 0.29) is 19.1 Å². The van der Waals surface area contributed by atoms with Gasteiger partial charge in [-0.2, -0.15) is 5.43 Å². The van der Waals surface area contributed by atoms with Gasteiger partial charge in [-0.3, -0.25) is 9.78 Å². The number of fused-ring (bicyclic) bond motifs is 1. The number of carbonyl (C=O) groups excluding carboxylic acids is 1. The summed E-state index contributed by atoms with van der Waals surface area (Å²) in [5.41, 5.74) is 7.36. The minimum absolute atomic E-state index is 0.154. The molecule has 1 aromatic carbocycles. The molecule has 1 amide bonds. The standard InChI is InChI=1S/C16H15N5O3/c22-14(8-10-4-5-12-13(7-10)24-9-23-12)18-16-19-15(20-21-16)11-3-1-2-6-17-11/h1-7,16,21H,8-9H2,(H,18,22)(H,19,20). The summed E-state index contributed by atoms with van der Waals surface area (Å²) in [4.78, 5) is 20.7. The highest BCUT2D eigenvalue weighted by molar-refractivity contribution is 5.97. The van der Waals surface area contributed by atoms with Crippen molar-refractivity contribution in [1.29, 1.82) is 0 Å². The number of pyridine rings is 1. The van der Waals surface area contributed by atoms with Crippen LogP contribution in [0.1, 0.15) is 11.3 Å². The number of ether oxygens (including phenoxy) is 2. The van der Waals surface area contributed by atoms with E-state index in [0.717, 1.165) is 5.56 Å². The minimum Gasteiger partial charge on any atom is -0.454 e. The van der Waals surface area contributed by atoms with E-state index in [0.29, 0.717) is 23.0 Å². The lowest BCUT2D eigenvalue weighted by atomic mass is 10.1. The molecule has 3 heterocycles. The first kappa shape index (κ1) is 14.5. The van der Waals surface area contributed by atoms with Crippen LogP contribution in [0.4, 0.5) is 0 Å². The van der Waals surface area contributed by atoms with Crippen molar-refractivity contribution in [2.75, 3.05) is 6.79 Å². The van der Waals surface area contributed by atoms with Gasteiger partial charge in [0.2, 0.25) is 12.7 Å². The zero-order valence-corrected chi connectivity index (χ0v) is 12.7. The summed E-state index contributed by atoms with van der Waals surface area (Å²) in [6.45, 7) is 0.216. The zero-order chi connectivity index (χ0) is 16.4. The second-order valence-electron chi connectivity index (χ2n) is 5.30. The quantitative estimate of drug-likeness (QED) is 0.748. The molecule has 0 bridgehead atoms. The van der Waals surface area contributed by atoms with Crippen LogP contribution in [0.25, 0.3) is 0 Å². The SMILES string of the molecule is O=C(Cc1ccc2c(c1)OCO2)NC1N=C(c2ccccn2)NN1. The normalized spacial score (nSPS) is 18.0. The van der Waals surface area contributed by atoms with Crippen molar-refractivity contribution in [2.45, 2.75) is 12.7 Å². The summed E-state index contributed by atoms with van der Waals surface area (Å²) in [7, 11) is 0. The van der Waals surface area contributed by atoms with Crippen LogP contribution >= 0.6 is 0 Å². The molecule has 0 radical (unpaired) electrons. The molecule has 0 fully saturated rings. The largest absolute Gasteiger partial charge is 0.454 e. The van der Waals surface area contributed by atoms with Gasteiger partial charge < -0.3 is 20.2 Å². The number of hydrazine groups is 1. The first-order valence-electron chi connectivity index (χ1n) is 7.46. The van der Waals surface area contributed by atoms with Gasteiger partial charge >= 0.3 is 0 Å². The number of hydrogen-bond donors (Lipinski definition) is 3. The summed E-state index contributed by atoms with van der Waals surface area (Å²) in [5, 5.41) is 2.79. The van der Waals surface area contributed by atoms with Gasteiger partial charge in [0.1, 0.15) is 5.69 Å². The molecule has 4 rings (SSSR count). The van der Waals surface area contributed by atoms with E-state index in [9.17, 15) is 4.79 Å². The number of hydrogen-bond acceptors (Lipinski definition) is 7. The number of benzene rings is 1. The third-order valence-electron chi connectivity index (χ3n) is 3.59. The van der Waals surface area contributed by atoms with Crippen molar-refractivity contribution in [2.24, 2.45) is 4.99 Å². The Balaban J connectivity index is 1.37. The molecule has 0 saturated heterocycles. The van der Waals surface area contributed by atoms with E-state index in [1.807, 2.05) is 30.3 Å². The van der Waals surface area contributed by atoms with Crippen LogP contribution in [-0.4, -0.2) is 29.8 Å². The fourth-order valence-electron chi connectivity index (χ4n) is 2.47. The topological polar surface area (TPSA) is 96.9 Å². The highest BCUT2D eigenvalue weighted by Crippen LogP contribution is 2.32. The number of carbonyl (C=O) groups is 1. The molecule has 0 spiro atoms. The van der Waals surface area contributed by atoms with Crippen LogP contribution in [0, 0.1) is 0 Å². The third kappa shape index (κ3) is 2.99. The van der Waals surface area contributed by atoms with Crippen molar-refractivity contribution in [1.82, 2.24) is 21.2 Å². The molecule has 3 N–H and O–H groups in total. The number of nitrogens with zero attached hydrogens (tertiary/aromatic N) is 2. The maximum atomic E-state index is 12.2. The Labute approximate surface area is 137 Å². The van der Waals surface area contributed by atoms with E-state index in [4.69, 9.17) is 9.47 Å². The highest BCUT2D eigenvalue weighted by atomic mass is 16.7. The summed E-state index contributed by atoms with van der Waals surface area (Å²) in [6.07, 6.45) is 1.37. The minimum atomic E-state index is -0.538. The predicted molar refractivity (Wildman–Crippen MR) is 85.2 cm³/mol. The average molecular weight is 325 g/mol. The number of nitrogens with one attached hydrogen (secondary N) is 3. The van der Waals surface area contributed by atoms with E-state index in [1.54, 1.807) is 12.3 Å². The maximum Gasteiger partial charge on any atom is 0.231 e.